The van der Waals surface area contributed by atoms with Gasteiger partial charge in [0.2, 0.25) is 0 Å². The molecule has 1 fully saturated rings. The summed E-state index contributed by atoms with van der Waals surface area (Å²) in [4.78, 5) is 4.62. The maximum atomic E-state index is 5.53. The van der Waals surface area contributed by atoms with Crippen molar-refractivity contribution in [2.45, 2.75) is 12.5 Å². The highest BCUT2D eigenvalue weighted by Crippen LogP contribution is 2.36. The number of nitrogens with zero attached hydrogens (tertiary/aromatic N) is 4. The third kappa shape index (κ3) is 3.55. The first kappa shape index (κ1) is 19.5. The van der Waals surface area contributed by atoms with Crippen molar-refractivity contribution in [2.24, 2.45) is 0 Å². The van der Waals surface area contributed by atoms with Gasteiger partial charge in [0.05, 0.1) is 25.2 Å². The fraction of sp³-hybridized carbons (Fsp3) is 0.308. The molecule has 6 heteroatoms. The van der Waals surface area contributed by atoms with Gasteiger partial charge in [-0.15, -0.1) is 10.2 Å². The quantitative estimate of drug-likeness (QED) is 0.487. The lowest BCUT2D eigenvalue weighted by atomic mass is 9.83. The Bertz CT molecular complexity index is 1240. The van der Waals surface area contributed by atoms with Crippen molar-refractivity contribution in [3.8, 4) is 11.3 Å². The maximum absolute atomic E-state index is 5.53. The molecule has 6 rings (SSSR count). The van der Waals surface area contributed by atoms with E-state index in [9.17, 15) is 0 Å². The zero-order valence-corrected chi connectivity index (χ0v) is 18.2. The van der Waals surface area contributed by atoms with Crippen molar-refractivity contribution in [3.63, 3.8) is 0 Å². The van der Waals surface area contributed by atoms with Crippen molar-refractivity contribution >= 4 is 16.8 Å². The lowest BCUT2D eigenvalue weighted by Crippen LogP contribution is -2.36. The minimum Gasteiger partial charge on any atom is -0.464 e. The van der Waals surface area contributed by atoms with Crippen molar-refractivity contribution in [1.82, 2.24) is 15.1 Å². The Balaban J connectivity index is 1.31. The summed E-state index contributed by atoms with van der Waals surface area (Å²) in [5.74, 6) is 1.26. The number of fused-ring (bicyclic) bond motifs is 2. The Morgan fingerprint density at radius 3 is 2.69 bits per heavy atom. The number of hydrogen-bond acceptors (Lipinski definition) is 6. The summed E-state index contributed by atoms with van der Waals surface area (Å²) in [6, 6.07) is 19.5. The summed E-state index contributed by atoms with van der Waals surface area (Å²) in [5, 5.41) is 10.2. The summed E-state index contributed by atoms with van der Waals surface area (Å²) in [5.41, 5.74) is 7.04. The summed E-state index contributed by atoms with van der Waals surface area (Å²) in [6.45, 7) is 5.17. The van der Waals surface area contributed by atoms with Crippen LogP contribution < -0.4 is 4.90 Å². The molecular weight excluding hydrogens is 400 g/mol. The van der Waals surface area contributed by atoms with Gasteiger partial charge in [0, 0.05) is 43.0 Å². The summed E-state index contributed by atoms with van der Waals surface area (Å²) in [6.07, 6.45) is 1.76. The summed E-state index contributed by atoms with van der Waals surface area (Å²) >= 11 is 0. The minimum absolute atomic E-state index is 0.340. The average Bonchev–Trinajstić information content (AvgIpc) is 3.32. The topological polar surface area (TPSA) is 54.6 Å². The van der Waals surface area contributed by atoms with Gasteiger partial charge in [-0.2, -0.15) is 0 Å². The van der Waals surface area contributed by atoms with Crippen LogP contribution in [0.3, 0.4) is 0 Å². The second-order valence-electron chi connectivity index (χ2n) is 8.76. The maximum Gasteiger partial charge on any atom is 0.151 e. The Kier molecular flexibility index (Phi) is 4.89. The molecule has 1 atom stereocenters. The zero-order chi connectivity index (χ0) is 21.5. The molecule has 1 saturated heterocycles. The van der Waals surface area contributed by atoms with E-state index in [1.54, 1.807) is 6.26 Å². The number of furan rings is 1. The van der Waals surface area contributed by atoms with Crippen molar-refractivity contribution < 1.29 is 9.15 Å². The molecule has 1 unspecified atom stereocenters. The highest BCUT2D eigenvalue weighted by atomic mass is 16.5. The van der Waals surface area contributed by atoms with Crippen LogP contribution in [0.5, 0.6) is 0 Å². The van der Waals surface area contributed by atoms with Gasteiger partial charge < -0.3 is 19.0 Å². The standard InChI is InChI=1S/C26H26N4O2/c1-29-16-21-15-19(24-5-7-26(28-27-24)30-9-12-31-13-10-30)2-4-22(21)23(17-29)18-3-6-25-20(14-18)8-11-32-25/h2-8,11,14-15,23H,9-10,12-13,16-17H2,1H3. The van der Waals surface area contributed by atoms with E-state index in [1.807, 2.05) is 6.07 Å². The van der Waals surface area contributed by atoms with E-state index in [4.69, 9.17) is 9.15 Å². The highest BCUT2D eigenvalue weighted by molar-refractivity contribution is 5.78. The molecule has 0 N–H and O–H groups in total. The molecule has 162 valence electrons. The van der Waals surface area contributed by atoms with Gasteiger partial charge in [-0.25, -0.2) is 0 Å². The van der Waals surface area contributed by atoms with Gasteiger partial charge >= 0.3 is 0 Å². The predicted molar refractivity (Wildman–Crippen MR) is 125 cm³/mol. The second-order valence-corrected chi connectivity index (χ2v) is 8.76. The van der Waals surface area contributed by atoms with Crippen LogP contribution in [0, 0.1) is 0 Å². The molecule has 0 radical (unpaired) electrons. The molecular formula is C26H26N4O2. The number of hydrogen-bond donors (Lipinski definition) is 0. The fourth-order valence-electron chi connectivity index (χ4n) is 4.93. The number of rotatable bonds is 3. The Morgan fingerprint density at radius 2 is 1.84 bits per heavy atom. The minimum atomic E-state index is 0.340. The van der Waals surface area contributed by atoms with Crippen molar-refractivity contribution in [2.75, 3.05) is 44.8 Å². The van der Waals surface area contributed by atoms with E-state index in [0.717, 1.165) is 67.4 Å². The molecule has 2 aromatic heterocycles. The molecule has 0 spiro atoms. The lowest BCUT2D eigenvalue weighted by Gasteiger charge is -2.33. The van der Waals surface area contributed by atoms with Gasteiger partial charge in [-0.3, -0.25) is 0 Å². The Labute approximate surface area is 187 Å². The van der Waals surface area contributed by atoms with E-state index in [-0.39, 0.29) is 0 Å². The molecule has 0 bridgehead atoms. The molecule has 4 aromatic rings. The Hall–Kier alpha value is -3.22. The smallest absolute Gasteiger partial charge is 0.151 e. The largest absolute Gasteiger partial charge is 0.464 e. The van der Waals surface area contributed by atoms with Crippen LogP contribution in [-0.4, -0.2) is 55.0 Å². The molecule has 2 aliphatic rings. The van der Waals surface area contributed by atoms with Crippen LogP contribution in [-0.2, 0) is 11.3 Å². The molecule has 6 nitrogen and oxygen atoms in total. The first-order valence-electron chi connectivity index (χ1n) is 11.2. The van der Waals surface area contributed by atoms with Crippen molar-refractivity contribution in [1.29, 1.82) is 0 Å². The number of likely N-dealkylation sites (N-methyl/N-ethyl adjacent to an activating group) is 1. The van der Waals surface area contributed by atoms with E-state index >= 15 is 0 Å². The Morgan fingerprint density at radius 1 is 0.938 bits per heavy atom. The summed E-state index contributed by atoms with van der Waals surface area (Å²) in [7, 11) is 2.19. The van der Waals surface area contributed by atoms with Crippen LogP contribution in [0.4, 0.5) is 5.82 Å². The number of anilines is 1. The number of morpholine rings is 1. The first-order chi connectivity index (χ1) is 15.7. The highest BCUT2D eigenvalue weighted by Gasteiger charge is 2.25. The second kappa shape index (κ2) is 8.04. The molecule has 2 aliphatic heterocycles. The van der Waals surface area contributed by atoms with E-state index in [2.05, 4.69) is 75.6 Å². The van der Waals surface area contributed by atoms with Crippen LogP contribution >= 0.6 is 0 Å². The molecule has 0 amide bonds. The van der Waals surface area contributed by atoms with Crippen LogP contribution in [0.15, 0.2) is 65.3 Å². The fourth-order valence-corrected chi connectivity index (χ4v) is 4.93. The van der Waals surface area contributed by atoms with Gasteiger partial charge in [-0.05, 0) is 60.1 Å². The number of ether oxygens (including phenoxy) is 1. The van der Waals surface area contributed by atoms with E-state index in [1.165, 1.54) is 16.7 Å². The molecule has 0 aliphatic carbocycles. The van der Waals surface area contributed by atoms with Crippen LogP contribution in [0.25, 0.3) is 22.2 Å². The first-order valence-corrected chi connectivity index (χ1v) is 11.2. The molecule has 2 aromatic carbocycles. The monoisotopic (exact) mass is 426 g/mol. The number of aromatic nitrogens is 2. The average molecular weight is 427 g/mol. The molecule has 32 heavy (non-hydrogen) atoms. The van der Waals surface area contributed by atoms with Crippen molar-refractivity contribution in [3.05, 3.63) is 77.6 Å². The van der Waals surface area contributed by atoms with E-state index < -0.39 is 0 Å². The zero-order valence-electron chi connectivity index (χ0n) is 18.2. The number of benzene rings is 2. The van der Waals surface area contributed by atoms with Crippen LogP contribution in [0.2, 0.25) is 0 Å². The normalized spacial score (nSPS) is 19.3. The van der Waals surface area contributed by atoms with Crippen LogP contribution in [0.1, 0.15) is 22.6 Å². The van der Waals surface area contributed by atoms with Gasteiger partial charge in [0.25, 0.3) is 0 Å². The predicted octanol–water partition coefficient (Wildman–Crippen LogP) is 4.30. The van der Waals surface area contributed by atoms with Gasteiger partial charge in [0.1, 0.15) is 5.58 Å². The van der Waals surface area contributed by atoms with Gasteiger partial charge in [0.15, 0.2) is 5.82 Å². The third-order valence-electron chi connectivity index (χ3n) is 6.61. The van der Waals surface area contributed by atoms with E-state index in [0.29, 0.717) is 5.92 Å². The third-order valence-corrected chi connectivity index (χ3v) is 6.61. The van der Waals surface area contributed by atoms with Gasteiger partial charge in [-0.1, -0.05) is 18.2 Å². The SMILES string of the molecule is CN1Cc2cc(-c3ccc(N4CCOCC4)nn3)ccc2C(c2ccc3occc3c2)C1. The molecule has 0 saturated carbocycles. The lowest BCUT2D eigenvalue weighted by molar-refractivity contribution is 0.122. The summed E-state index contributed by atoms with van der Waals surface area (Å²) < 4.78 is 11.0. The molecule has 4 heterocycles.